The second kappa shape index (κ2) is 16.9. The molecule has 0 aliphatic heterocycles. The van der Waals surface area contributed by atoms with Crippen LogP contribution in [-0.4, -0.2) is 60.7 Å². The number of benzene rings is 2. The van der Waals surface area contributed by atoms with Gasteiger partial charge in [-0.3, -0.25) is 14.4 Å². The third kappa shape index (κ3) is 12.6. The monoisotopic (exact) mass is 597 g/mol. The van der Waals surface area contributed by atoms with Gasteiger partial charge in [0.05, 0.1) is 13.5 Å². The summed E-state index contributed by atoms with van der Waals surface area (Å²) in [6.45, 7) is 8.56. The molecule has 0 bridgehead atoms. The minimum atomic E-state index is -1.40. The van der Waals surface area contributed by atoms with Crippen molar-refractivity contribution in [2.75, 3.05) is 7.11 Å². The maximum Gasteiger partial charge on any atom is 0.408 e. The van der Waals surface area contributed by atoms with Crippen LogP contribution in [0.1, 0.15) is 58.6 Å². The van der Waals surface area contributed by atoms with E-state index in [2.05, 4.69) is 16.0 Å². The van der Waals surface area contributed by atoms with Crippen molar-refractivity contribution in [3.63, 3.8) is 0 Å². The average Bonchev–Trinajstić information content (AvgIpc) is 2.97. The number of hydrogen-bond donors (Lipinski definition) is 3. The van der Waals surface area contributed by atoms with E-state index in [9.17, 15) is 24.0 Å². The van der Waals surface area contributed by atoms with Gasteiger partial charge in [0.15, 0.2) is 0 Å². The Morgan fingerprint density at radius 1 is 0.791 bits per heavy atom. The molecule has 234 valence electrons. The molecule has 0 spiro atoms. The summed E-state index contributed by atoms with van der Waals surface area (Å²) in [4.78, 5) is 64.8. The molecule has 11 nitrogen and oxygen atoms in total. The second-order valence-electron chi connectivity index (χ2n) is 11.2. The highest BCUT2D eigenvalue weighted by Gasteiger charge is 2.34. The molecular formula is C32H43N3O8. The molecule has 43 heavy (non-hydrogen) atoms. The van der Waals surface area contributed by atoms with Crippen LogP contribution in [0.3, 0.4) is 0 Å². The zero-order valence-electron chi connectivity index (χ0n) is 25.7. The van der Waals surface area contributed by atoms with Gasteiger partial charge in [-0.2, -0.15) is 0 Å². The molecule has 0 radical (unpaired) electrons. The Kier molecular flexibility index (Phi) is 13.7. The van der Waals surface area contributed by atoms with Crippen LogP contribution in [0.5, 0.6) is 0 Å². The van der Waals surface area contributed by atoms with Gasteiger partial charge in [-0.1, -0.05) is 80.9 Å². The molecule has 0 saturated carbocycles. The van der Waals surface area contributed by atoms with Crippen LogP contribution in [0.4, 0.5) is 4.79 Å². The number of ether oxygens (including phenoxy) is 3. The number of carbonyl (C=O) groups is 5. The topological polar surface area (TPSA) is 149 Å². The normalized spacial score (nSPS) is 13.8. The summed E-state index contributed by atoms with van der Waals surface area (Å²) >= 11 is 0. The van der Waals surface area contributed by atoms with Crippen LogP contribution >= 0.6 is 0 Å². The van der Waals surface area contributed by atoms with Crippen molar-refractivity contribution in [1.82, 2.24) is 16.0 Å². The zero-order chi connectivity index (χ0) is 32.0. The smallest absolute Gasteiger partial charge is 0.408 e. The average molecular weight is 598 g/mol. The largest absolute Gasteiger partial charge is 0.467 e. The van der Waals surface area contributed by atoms with Crippen LogP contribution in [0, 0.1) is 5.92 Å². The van der Waals surface area contributed by atoms with E-state index in [0.717, 1.165) is 11.1 Å². The van der Waals surface area contributed by atoms with E-state index in [1.807, 2.05) is 43.3 Å². The lowest BCUT2D eigenvalue weighted by Crippen LogP contribution is -2.58. The molecule has 0 heterocycles. The number of carbonyl (C=O) groups excluding carboxylic acids is 5. The summed E-state index contributed by atoms with van der Waals surface area (Å²) in [5.41, 5.74) is 0.693. The molecule has 4 atom stereocenters. The maximum atomic E-state index is 13.5. The number of esters is 2. The molecule has 3 N–H and O–H groups in total. The fourth-order valence-corrected chi connectivity index (χ4v) is 4.03. The van der Waals surface area contributed by atoms with E-state index >= 15 is 0 Å². The van der Waals surface area contributed by atoms with E-state index < -0.39 is 60.0 Å². The summed E-state index contributed by atoms with van der Waals surface area (Å²) in [6, 6.07) is 14.6. The first-order valence-corrected chi connectivity index (χ1v) is 14.2. The molecular weight excluding hydrogens is 554 g/mol. The first kappa shape index (κ1) is 34.8. The quantitative estimate of drug-likeness (QED) is 0.222. The molecule has 2 aromatic carbocycles. The maximum absolute atomic E-state index is 13.5. The van der Waals surface area contributed by atoms with Crippen LogP contribution < -0.4 is 16.0 Å². The van der Waals surface area contributed by atoms with E-state index in [-0.39, 0.29) is 18.9 Å². The van der Waals surface area contributed by atoms with Crippen molar-refractivity contribution in [2.24, 2.45) is 5.92 Å². The lowest BCUT2D eigenvalue weighted by molar-refractivity contribution is -0.147. The number of rotatable bonds is 14. The SMILES string of the molecule is CCC(C)C(NC(=O)C(CC(=O)OCc1ccccc1)NC(=O)OC(C)(C)C)C(=O)NC(Cc1ccccc1)C(=O)OC. The first-order chi connectivity index (χ1) is 20.3. The van der Waals surface area contributed by atoms with E-state index in [0.29, 0.717) is 6.42 Å². The molecule has 2 rings (SSSR count). The van der Waals surface area contributed by atoms with Crippen molar-refractivity contribution in [3.8, 4) is 0 Å². The van der Waals surface area contributed by atoms with Gasteiger partial charge in [-0.25, -0.2) is 9.59 Å². The molecule has 0 saturated heterocycles. The van der Waals surface area contributed by atoms with Gasteiger partial charge in [0.2, 0.25) is 11.8 Å². The molecule has 2 aromatic rings. The molecule has 0 aliphatic rings. The third-order valence-electron chi connectivity index (χ3n) is 6.50. The summed E-state index contributed by atoms with van der Waals surface area (Å²) in [5, 5.41) is 7.78. The van der Waals surface area contributed by atoms with Crippen LogP contribution in [0.2, 0.25) is 0 Å². The minimum Gasteiger partial charge on any atom is -0.467 e. The number of hydrogen-bond acceptors (Lipinski definition) is 8. The highest BCUT2D eigenvalue weighted by molar-refractivity contribution is 5.94. The van der Waals surface area contributed by atoms with Crippen molar-refractivity contribution in [1.29, 1.82) is 0 Å². The molecule has 4 unspecified atom stereocenters. The number of amides is 3. The van der Waals surface area contributed by atoms with Gasteiger partial charge in [0.1, 0.15) is 30.3 Å². The van der Waals surface area contributed by atoms with Crippen LogP contribution in [0.25, 0.3) is 0 Å². The summed E-state index contributed by atoms with van der Waals surface area (Å²) in [5.74, 6) is -3.15. The van der Waals surface area contributed by atoms with Crippen LogP contribution in [-0.2, 0) is 46.4 Å². The number of alkyl carbamates (subject to hydrolysis) is 1. The van der Waals surface area contributed by atoms with Gasteiger partial charge in [0.25, 0.3) is 0 Å². The van der Waals surface area contributed by atoms with E-state index in [1.54, 1.807) is 52.0 Å². The van der Waals surface area contributed by atoms with Gasteiger partial charge in [-0.15, -0.1) is 0 Å². The Balaban J connectivity index is 2.21. The minimum absolute atomic E-state index is 0.0192. The summed E-state index contributed by atoms with van der Waals surface area (Å²) < 4.78 is 15.5. The molecule has 3 amide bonds. The number of nitrogens with one attached hydrogen (secondary N) is 3. The van der Waals surface area contributed by atoms with Crippen molar-refractivity contribution in [3.05, 3.63) is 71.8 Å². The van der Waals surface area contributed by atoms with Gasteiger partial charge in [-0.05, 0) is 37.8 Å². The summed E-state index contributed by atoms with van der Waals surface area (Å²) in [7, 11) is 1.23. The van der Waals surface area contributed by atoms with Gasteiger partial charge < -0.3 is 30.2 Å². The standard InChI is InChI=1S/C32H43N3O8/c1-7-21(2)27(29(38)33-25(30(39)41-6)18-22-14-10-8-11-15-22)35-28(37)24(34-31(40)43-32(3,4)5)19-26(36)42-20-23-16-12-9-13-17-23/h8-17,21,24-25,27H,7,18-20H2,1-6H3,(H,33,38)(H,34,40)(H,35,37). The molecule has 0 aromatic heterocycles. The molecule has 11 heteroatoms. The summed E-state index contributed by atoms with van der Waals surface area (Å²) in [6.07, 6.45) is -0.743. The Hall–Kier alpha value is -4.41. The zero-order valence-corrected chi connectivity index (χ0v) is 25.7. The second-order valence-corrected chi connectivity index (χ2v) is 11.2. The van der Waals surface area contributed by atoms with Gasteiger partial charge >= 0.3 is 18.0 Å². The third-order valence-corrected chi connectivity index (χ3v) is 6.50. The Morgan fingerprint density at radius 3 is 1.91 bits per heavy atom. The van der Waals surface area contributed by atoms with E-state index in [1.165, 1.54) is 7.11 Å². The number of methoxy groups -OCH3 is 1. The Labute approximate surface area is 253 Å². The van der Waals surface area contributed by atoms with E-state index in [4.69, 9.17) is 14.2 Å². The van der Waals surface area contributed by atoms with Crippen molar-refractivity contribution < 1.29 is 38.2 Å². The van der Waals surface area contributed by atoms with Crippen LogP contribution in [0.15, 0.2) is 60.7 Å². The predicted molar refractivity (Wildman–Crippen MR) is 159 cm³/mol. The van der Waals surface area contributed by atoms with Gasteiger partial charge in [0, 0.05) is 6.42 Å². The molecule has 0 aliphatic carbocycles. The highest BCUT2D eigenvalue weighted by atomic mass is 16.6. The lowest BCUT2D eigenvalue weighted by Gasteiger charge is -2.28. The van der Waals surface area contributed by atoms with Crippen molar-refractivity contribution >= 4 is 29.8 Å². The first-order valence-electron chi connectivity index (χ1n) is 14.2. The fraction of sp³-hybridized carbons (Fsp3) is 0.469. The van der Waals surface area contributed by atoms with Crippen molar-refractivity contribution in [2.45, 2.75) is 84.2 Å². The highest BCUT2D eigenvalue weighted by Crippen LogP contribution is 2.13. The lowest BCUT2D eigenvalue weighted by atomic mass is 9.96. The Morgan fingerprint density at radius 2 is 1.37 bits per heavy atom. The fourth-order valence-electron chi connectivity index (χ4n) is 4.03. The molecule has 0 fully saturated rings. The predicted octanol–water partition coefficient (Wildman–Crippen LogP) is 3.44. The Bertz CT molecular complexity index is 1210.